The molecule has 2 aromatic rings. The topological polar surface area (TPSA) is 88.5 Å². The van der Waals surface area contributed by atoms with Crippen molar-refractivity contribution >= 4 is 35.9 Å². The molecule has 0 aliphatic carbocycles. The van der Waals surface area contributed by atoms with Crippen LogP contribution in [0.5, 0.6) is 0 Å². The van der Waals surface area contributed by atoms with Crippen LogP contribution in [-0.2, 0) is 6.54 Å². The van der Waals surface area contributed by atoms with E-state index in [-0.39, 0.29) is 24.0 Å². The second-order valence-electron chi connectivity index (χ2n) is 5.03. The highest BCUT2D eigenvalue weighted by atomic mass is 127. The van der Waals surface area contributed by atoms with E-state index in [4.69, 9.17) is 5.73 Å². The molecule has 124 valence electrons. The number of hydrogen-bond acceptors (Lipinski definition) is 5. The van der Waals surface area contributed by atoms with Crippen LogP contribution >= 0.6 is 24.0 Å². The quantitative estimate of drug-likeness (QED) is 0.432. The van der Waals surface area contributed by atoms with Crippen molar-refractivity contribution in [1.82, 2.24) is 24.6 Å². The van der Waals surface area contributed by atoms with Gasteiger partial charge in [-0.1, -0.05) is 0 Å². The standard InChI is InChI=1S/C14H20N8.HI/c15-13(16-6-8-22-7-2-5-19-22)20-9-11-21(12-10-20)14-17-3-1-4-18-14;/h1-5,7H,6,8-12H2,(H2,15,16);1H. The molecule has 1 fully saturated rings. The Morgan fingerprint density at radius 3 is 2.48 bits per heavy atom. The number of nitrogens with zero attached hydrogens (tertiary/aromatic N) is 7. The van der Waals surface area contributed by atoms with Crippen molar-refractivity contribution in [2.24, 2.45) is 10.7 Å². The van der Waals surface area contributed by atoms with Crippen molar-refractivity contribution < 1.29 is 0 Å². The number of guanidine groups is 1. The molecule has 3 rings (SSSR count). The van der Waals surface area contributed by atoms with Gasteiger partial charge >= 0.3 is 0 Å². The van der Waals surface area contributed by atoms with Crippen molar-refractivity contribution in [3.05, 3.63) is 36.9 Å². The Morgan fingerprint density at radius 2 is 1.83 bits per heavy atom. The van der Waals surface area contributed by atoms with Gasteiger partial charge in [-0.05, 0) is 12.1 Å². The molecule has 0 unspecified atom stereocenters. The van der Waals surface area contributed by atoms with Crippen molar-refractivity contribution in [2.45, 2.75) is 6.54 Å². The minimum Gasteiger partial charge on any atom is -0.370 e. The second kappa shape index (κ2) is 8.65. The Balaban J connectivity index is 0.00000192. The average molecular weight is 428 g/mol. The number of aromatic nitrogens is 4. The van der Waals surface area contributed by atoms with Crippen LogP contribution in [0.4, 0.5) is 5.95 Å². The Morgan fingerprint density at radius 1 is 1.09 bits per heavy atom. The number of nitrogens with two attached hydrogens (primary N) is 1. The van der Waals surface area contributed by atoms with Gasteiger partial charge in [0, 0.05) is 51.0 Å². The highest BCUT2D eigenvalue weighted by molar-refractivity contribution is 14.0. The molecule has 0 bridgehead atoms. The maximum absolute atomic E-state index is 6.07. The third-order valence-electron chi connectivity index (χ3n) is 3.60. The first-order chi connectivity index (χ1) is 10.8. The highest BCUT2D eigenvalue weighted by Crippen LogP contribution is 2.09. The zero-order chi connectivity index (χ0) is 15.2. The van der Waals surface area contributed by atoms with Crippen LogP contribution in [0.2, 0.25) is 0 Å². The molecule has 0 saturated carbocycles. The molecular weight excluding hydrogens is 407 g/mol. The van der Waals surface area contributed by atoms with E-state index < -0.39 is 0 Å². The summed E-state index contributed by atoms with van der Waals surface area (Å²) in [5, 5.41) is 4.14. The molecule has 2 aromatic heterocycles. The summed E-state index contributed by atoms with van der Waals surface area (Å²) in [6.07, 6.45) is 7.21. The predicted octanol–water partition coefficient (Wildman–Crippen LogP) is 0.428. The lowest BCUT2D eigenvalue weighted by Crippen LogP contribution is -2.51. The molecule has 1 aliphatic rings. The lowest BCUT2D eigenvalue weighted by Gasteiger charge is -2.35. The van der Waals surface area contributed by atoms with Crippen LogP contribution in [0, 0.1) is 0 Å². The van der Waals surface area contributed by atoms with Gasteiger partial charge in [-0.2, -0.15) is 5.10 Å². The van der Waals surface area contributed by atoms with Crippen LogP contribution in [-0.4, -0.2) is 63.3 Å². The first kappa shape index (κ1) is 17.4. The Labute approximate surface area is 152 Å². The molecule has 1 aliphatic heterocycles. The fourth-order valence-electron chi connectivity index (χ4n) is 2.39. The number of piperazine rings is 1. The summed E-state index contributed by atoms with van der Waals surface area (Å²) < 4.78 is 1.85. The van der Waals surface area contributed by atoms with E-state index >= 15 is 0 Å². The van der Waals surface area contributed by atoms with Gasteiger partial charge in [0.15, 0.2) is 5.96 Å². The number of anilines is 1. The van der Waals surface area contributed by atoms with Crippen molar-refractivity contribution in [1.29, 1.82) is 0 Å². The fraction of sp³-hybridized carbons (Fsp3) is 0.429. The average Bonchev–Trinajstić information content (AvgIpc) is 3.09. The van der Waals surface area contributed by atoms with E-state index in [1.807, 2.05) is 23.0 Å². The van der Waals surface area contributed by atoms with E-state index in [0.717, 1.165) is 38.7 Å². The van der Waals surface area contributed by atoms with Crippen molar-refractivity contribution in [3.63, 3.8) is 0 Å². The first-order valence-corrected chi connectivity index (χ1v) is 7.37. The summed E-state index contributed by atoms with van der Waals surface area (Å²) in [4.78, 5) is 17.2. The second-order valence-corrected chi connectivity index (χ2v) is 5.03. The summed E-state index contributed by atoms with van der Waals surface area (Å²) in [6.45, 7) is 4.73. The van der Waals surface area contributed by atoms with Crippen molar-refractivity contribution in [2.75, 3.05) is 37.6 Å². The smallest absolute Gasteiger partial charge is 0.225 e. The van der Waals surface area contributed by atoms with Gasteiger partial charge in [0.05, 0.1) is 13.1 Å². The number of halogens is 1. The van der Waals surface area contributed by atoms with Gasteiger partial charge in [0.1, 0.15) is 0 Å². The van der Waals surface area contributed by atoms with E-state index in [2.05, 4.69) is 29.9 Å². The number of hydrogen-bond donors (Lipinski definition) is 1. The molecule has 23 heavy (non-hydrogen) atoms. The lowest BCUT2D eigenvalue weighted by molar-refractivity contribution is 0.377. The third kappa shape index (κ3) is 4.78. The molecule has 0 atom stereocenters. The lowest BCUT2D eigenvalue weighted by atomic mass is 10.3. The van der Waals surface area contributed by atoms with Crippen LogP contribution in [0.15, 0.2) is 41.9 Å². The molecule has 3 heterocycles. The maximum Gasteiger partial charge on any atom is 0.225 e. The molecular formula is C14H21IN8. The zero-order valence-corrected chi connectivity index (χ0v) is 15.2. The van der Waals surface area contributed by atoms with Crippen LogP contribution in [0.1, 0.15) is 0 Å². The zero-order valence-electron chi connectivity index (χ0n) is 12.8. The predicted molar refractivity (Wildman–Crippen MR) is 99.9 cm³/mol. The van der Waals surface area contributed by atoms with Crippen LogP contribution in [0.3, 0.4) is 0 Å². The van der Waals surface area contributed by atoms with E-state index in [1.54, 1.807) is 18.6 Å². The summed E-state index contributed by atoms with van der Waals surface area (Å²) in [5.41, 5.74) is 6.07. The van der Waals surface area contributed by atoms with Crippen molar-refractivity contribution in [3.8, 4) is 0 Å². The molecule has 2 N–H and O–H groups in total. The Bertz CT molecular complexity index is 593. The summed E-state index contributed by atoms with van der Waals surface area (Å²) in [6, 6.07) is 3.72. The largest absolute Gasteiger partial charge is 0.370 e. The Hall–Kier alpha value is -1.91. The molecule has 1 saturated heterocycles. The van der Waals surface area contributed by atoms with E-state index in [9.17, 15) is 0 Å². The number of rotatable bonds is 4. The van der Waals surface area contributed by atoms with Gasteiger partial charge in [0.2, 0.25) is 5.95 Å². The van der Waals surface area contributed by atoms with Gasteiger partial charge < -0.3 is 15.5 Å². The van der Waals surface area contributed by atoms with Gasteiger partial charge in [-0.3, -0.25) is 9.67 Å². The summed E-state index contributed by atoms with van der Waals surface area (Å²) in [7, 11) is 0. The SMILES string of the molecule is I.NC(=NCCn1cccn1)N1CCN(c2ncccn2)CC1. The minimum atomic E-state index is 0. The maximum atomic E-state index is 6.07. The van der Waals surface area contributed by atoms with E-state index in [1.165, 1.54) is 0 Å². The summed E-state index contributed by atoms with van der Waals surface area (Å²) >= 11 is 0. The van der Waals surface area contributed by atoms with E-state index in [0.29, 0.717) is 12.5 Å². The minimum absolute atomic E-state index is 0. The number of aliphatic imine (C=N–C) groups is 1. The molecule has 8 nitrogen and oxygen atoms in total. The monoisotopic (exact) mass is 428 g/mol. The van der Waals surface area contributed by atoms with Gasteiger partial charge in [-0.25, -0.2) is 9.97 Å². The van der Waals surface area contributed by atoms with Crippen LogP contribution in [0.25, 0.3) is 0 Å². The molecule has 0 aromatic carbocycles. The van der Waals surface area contributed by atoms with Crippen LogP contribution < -0.4 is 10.6 Å². The normalized spacial score (nSPS) is 15.4. The molecule has 0 spiro atoms. The summed E-state index contributed by atoms with van der Waals surface area (Å²) in [5.74, 6) is 1.37. The fourth-order valence-corrected chi connectivity index (χ4v) is 2.39. The Kier molecular flexibility index (Phi) is 6.56. The molecule has 0 radical (unpaired) electrons. The molecule has 0 amide bonds. The molecule has 9 heteroatoms. The third-order valence-corrected chi connectivity index (χ3v) is 3.60. The van der Waals surface area contributed by atoms with Gasteiger partial charge in [0.25, 0.3) is 0 Å². The van der Waals surface area contributed by atoms with Gasteiger partial charge in [-0.15, -0.1) is 24.0 Å². The first-order valence-electron chi connectivity index (χ1n) is 7.37. The highest BCUT2D eigenvalue weighted by Gasteiger charge is 2.19.